The van der Waals surface area contributed by atoms with E-state index in [1.165, 1.54) is 0 Å². The van der Waals surface area contributed by atoms with Crippen LogP contribution in [0.3, 0.4) is 0 Å². The molecule has 0 fully saturated rings. The highest BCUT2D eigenvalue weighted by Gasteiger charge is 2.31. The van der Waals surface area contributed by atoms with E-state index in [0.717, 1.165) is 11.3 Å². The number of fused-ring (bicyclic) bond motifs is 1. The highest BCUT2D eigenvalue weighted by atomic mass is 32.2. The Hall–Kier alpha value is -1.20. The molecule has 116 valence electrons. The maximum absolute atomic E-state index is 11.8. The Morgan fingerprint density at radius 2 is 2.14 bits per heavy atom. The van der Waals surface area contributed by atoms with Gasteiger partial charge in [-0.1, -0.05) is 18.2 Å². The van der Waals surface area contributed by atoms with E-state index < -0.39 is 5.60 Å². The van der Waals surface area contributed by atoms with Gasteiger partial charge in [0.15, 0.2) is 0 Å². The molecule has 0 saturated heterocycles. The summed E-state index contributed by atoms with van der Waals surface area (Å²) < 4.78 is 11.1. The van der Waals surface area contributed by atoms with Crippen molar-refractivity contribution in [2.45, 2.75) is 37.7 Å². The van der Waals surface area contributed by atoms with Crippen molar-refractivity contribution < 1.29 is 14.3 Å². The van der Waals surface area contributed by atoms with E-state index in [-0.39, 0.29) is 17.3 Å². The van der Waals surface area contributed by atoms with Crippen molar-refractivity contribution in [3.8, 4) is 5.75 Å². The highest BCUT2D eigenvalue weighted by molar-refractivity contribution is 8.00. The average molecular weight is 309 g/mol. The number of ether oxygens (including phenoxy) is 2. The second-order valence-corrected chi connectivity index (χ2v) is 7.28. The average Bonchev–Trinajstić information content (AvgIpc) is 2.42. The third-order valence-electron chi connectivity index (χ3n) is 3.18. The highest BCUT2D eigenvalue weighted by Crippen LogP contribution is 2.37. The Morgan fingerprint density at radius 1 is 1.43 bits per heavy atom. The van der Waals surface area contributed by atoms with Crippen LogP contribution in [-0.4, -0.2) is 36.2 Å². The van der Waals surface area contributed by atoms with E-state index >= 15 is 0 Å². The molecule has 0 radical (unpaired) electrons. The third-order valence-corrected chi connectivity index (χ3v) is 4.41. The SMILES string of the molecule is CNC1c2ccccc2OCC1SCC(=O)OC(C)(C)C. The first-order valence-corrected chi connectivity index (χ1v) is 8.18. The molecule has 1 aromatic rings. The van der Waals surface area contributed by atoms with Crippen LogP contribution in [-0.2, 0) is 9.53 Å². The van der Waals surface area contributed by atoms with Gasteiger partial charge in [0.25, 0.3) is 0 Å². The molecule has 0 saturated carbocycles. The molecule has 0 spiro atoms. The minimum atomic E-state index is -0.435. The lowest BCUT2D eigenvalue weighted by Crippen LogP contribution is -2.36. The van der Waals surface area contributed by atoms with Crippen LogP contribution >= 0.6 is 11.8 Å². The first kappa shape index (κ1) is 16.2. The predicted molar refractivity (Wildman–Crippen MR) is 85.8 cm³/mol. The fourth-order valence-corrected chi connectivity index (χ4v) is 3.42. The number of nitrogens with one attached hydrogen (secondary N) is 1. The number of hydrogen-bond donors (Lipinski definition) is 1. The van der Waals surface area contributed by atoms with Crippen LogP contribution in [0.2, 0.25) is 0 Å². The van der Waals surface area contributed by atoms with Gasteiger partial charge in [-0.25, -0.2) is 0 Å². The summed E-state index contributed by atoms with van der Waals surface area (Å²) in [5, 5.41) is 3.52. The molecule has 21 heavy (non-hydrogen) atoms. The Morgan fingerprint density at radius 3 is 2.81 bits per heavy atom. The molecule has 0 aromatic heterocycles. The molecule has 1 N–H and O–H groups in total. The van der Waals surface area contributed by atoms with Crippen LogP contribution in [0.4, 0.5) is 0 Å². The van der Waals surface area contributed by atoms with E-state index in [2.05, 4.69) is 11.4 Å². The van der Waals surface area contributed by atoms with Crippen LogP contribution < -0.4 is 10.1 Å². The maximum atomic E-state index is 11.8. The molecule has 5 heteroatoms. The molecule has 2 atom stereocenters. The van der Waals surface area contributed by atoms with Gasteiger partial charge in [0.2, 0.25) is 0 Å². The van der Waals surface area contributed by atoms with Gasteiger partial charge in [-0.15, -0.1) is 11.8 Å². The zero-order chi connectivity index (χ0) is 15.5. The minimum Gasteiger partial charge on any atom is -0.492 e. The molecule has 0 aliphatic carbocycles. The van der Waals surface area contributed by atoms with Crippen LogP contribution in [0.25, 0.3) is 0 Å². The lowest BCUT2D eigenvalue weighted by molar-refractivity contribution is -0.151. The monoisotopic (exact) mass is 309 g/mol. The molecule has 1 aliphatic heterocycles. The number of para-hydroxylation sites is 1. The first-order valence-electron chi connectivity index (χ1n) is 7.13. The van der Waals surface area contributed by atoms with Gasteiger partial charge >= 0.3 is 5.97 Å². The standard InChI is InChI=1S/C16H23NO3S/c1-16(2,3)20-14(18)10-21-13-9-19-12-8-6-5-7-11(12)15(13)17-4/h5-8,13,15,17H,9-10H2,1-4H3. The second-order valence-electron chi connectivity index (χ2n) is 6.05. The van der Waals surface area contributed by atoms with Crippen LogP contribution in [0, 0.1) is 0 Å². The number of carbonyl (C=O) groups is 1. The van der Waals surface area contributed by atoms with Gasteiger partial charge in [-0.05, 0) is 33.9 Å². The summed E-state index contributed by atoms with van der Waals surface area (Å²) in [6, 6.07) is 8.21. The third kappa shape index (κ3) is 4.38. The zero-order valence-electron chi connectivity index (χ0n) is 13.0. The van der Waals surface area contributed by atoms with Crippen molar-refractivity contribution in [1.29, 1.82) is 0 Å². The van der Waals surface area contributed by atoms with Crippen molar-refractivity contribution >= 4 is 17.7 Å². The summed E-state index contributed by atoms with van der Waals surface area (Å²) in [6.45, 7) is 6.24. The zero-order valence-corrected chi connectivity index (χ0v) is 13.8. The van der Waals surface area contributed by atoms with Gasteiger partial charge < -0.3 is 14.8 Å². The van der Waals surface area contributed by atoms with E-state index in [1.54, 1.807) is 11.8 Å². The smallest absolute Gasteiger partial charge is 0.316 e. The Balaban J connectivity index is 1.97. The van der Waals surface area contributed by atoms with Gasteiger partial charge in [-0.2, -0.15) is 0 Å². The molecule has 0 bridgehead atoms. The second kappa shape index (κ2) is 6.71. The van der Waals surface area contributed by atoms with Crippen LogP contribution in [0.1, 0.15) is 32.4 Å². The molecule has 2 rings (SSSR count). The molecule has 2 unspecified atom stereocenters. The number of carbonyl (C=O) groups excluding carboxylic acids is 1. The quantitative estimate of drug-likeness (QED) is 0.867. The topological polar surface area (TPSA) is 47.6 Å². The Bertz CT molecular complexity index is 499. The molecule has 1 heterocycles. The Labute approximate surface area is 130 Å². The Kier molecular flexibility index (Phi) is 5.17. The molecule has 1 aliphatic rings. The fraction of sp³-hybridized carbons (Fsp3) is 0.562. The van der Waals surface area contributed by atoms with Crippen LogP contribution in [0.15, 0.2) is 24.3 Å². The fourth-order valence-electron chi connectivity index (χ4n) is 2.37. The largest absolute Gasteiger partial charge is 0.492 e. The maximum Gasteiger partial charge on any atom is 0.316 e. The van der Waals surface area contributed by atoms with Crippen molar-refractivity contribution in [2.24, 2.45) is 0 Å². The van der Waals surface area contributed by atoms with Gasteiger partial charge in [-0.3, -0.25) is 4.79 Å². The summed E-state index contributed by atoms with van der Waals surface area (Å²) in [7, 11) is 1.94. The number of thioether (sulfide) groups is 1. The molecular weight excluding hydrogens is 286 g/mol. The predicted octanol–water partition coefficient (Wildman–Crippen LogP) is 2.78. The lowest BCUT2D eigenvalue weighted by atomic mass is 10.0. The molecular formula is C16H23NO3S. The van der Waals surface area contributed by atoms with E-state index in [1.807, 2.05) is 46.0 Å². The van der Waals surface area contributed by atoms with E-state index in [9.17, 15) is 4.79 Å². The lowest BCUT2D eigenvalue weighted by Gasteiger charge is -2.33. The van der Waals surface area contributed by atoms with Gasteiger partial charge in [0.05, 0.1) is 17.0 Å². The molecule has 4 nitrogen and oxygen atoms in total. The summed E-state index contributed by atoms with van der Waals surface area (Å²) in [4.78, 5) is 11.8. The first-order chi connectivity index (χ1) is 9.90. The van der Waals surface area contributed by atoms with Crippen molar-refractivity contribution in [2.75, 3.05) is 19.4 Å². The van der Waals surface area contributed by atoms with Gasteiger partial charge in [0, 0.05) is 5.56 Å². The summed E-state index contributed by atoms with van der Waals surface area (Å²) in [6.07, 6.45) is 0. The molecule has 0 amide bonds. The van der Waals surface area contributed by atoms with Gasteiger partial charge in [0.1, 0.15) is 18.0 Å². The number of rotatable bonds is 4. The summed E-state index contributed by atoms with van der Waals surface area (Å²) in [5.41, 5.74) is 0.711. The number of benzene rings is 1. The van der Waals surface area contributed by atoms with E-state index in [0.29, 0.717) is 12.4 Å². The molecule has 1 aromatic carbocycles. The van der Waals surface area contributed by atoms with E-state index in [4.69, 9.17) is 9.47 Å². The van der Waals surface area contributed by atoms with Crippen molar-refractivity contribution in [3.05, 3.63) is 29.8 Å². The van der Waals surface area contributed by atoms with Crippen molar-refractivity contribution in [3.63, 3.8) is 0 Å². The number of hydrogen-bond acceptors (Lipinski definition) is 5. The van der Waals surface area contributed by atoms with Crippen LogP contribution in [0.5, 0.6) is 5.75 Å². The number of esters is 1. The summed E-state index contributed by atoms with van der Waals surface area (Å²) >= 11 is 1.58. The minimum absolute atomic E-state index is 0.179. The van der Waals surface area contributed by atoms with Crippen molar-refractivity contribution in [1.82, 2.24) is 5.32 Å². The normalized spacial score (nSPS) is 21.3. The summed E-state index contributed by atoms with van der Waals surface area (Å²) in [5.74, 6) is 1.08.